The van der Waals surface area contributed by atoms with E-state index in [4.69, 9.17) is 9.84 Å². The lowest BCUT2D eigenvalue weighted by Crippen LogP contribution is -2.23. The van der Waals surface area contributed by atoms with Gasteiger partial charge < -0.3 is 15.2 Å². The van der Waals surface area contributed by atoms with Crippen LogP contribution in [0.25, 0.3) is 0 Å². The average Bonchev–Trinajstić information content (AvgIpc) is 2.49. The van der Waals surface area contributed by atoms with Gasteiger partial charge in [0.05, 0.1) is 24.8 Å². The van der Waals surface area contributed by atoms with Crippen LogP contribution in [0.1, 0.15) is 33.1 Å². The molecule has 0 saturated carbocycles. The number of rotatable bonds is 3. The number of carboxylic acids is 1. The SMILES string of the molecule is Cc1ccc(C(=O)O)cc1NC1COCc2ccccc21. The third-order valence-corrected chi connectivity index (χ3v) is 3.79. The van der Waals surface area contributed by atoms with Crippen LogP contribution >= 0.6 is 0 Å². The summed E-state index contributed by atoms with van der Waals surface area (Å²) in [5.74, 6) is -0.918. The van der Waals surface area contributed by atoms with Gasteiger partial charge >= 0.3 is 5.97 Å². The van der Waals surface area contributed by atoms with Gasteiger partial charge in [0.2, 0.25) is 0 Å². The minimum Gasteiger partial charge on any atom is -0.478 e. The lowest BCUT2D eigenvalue weighted by atomic mass is 9.98. The van der Waals surface area contributed by atoms with Crippen molar-refractivity contribution in [1.82, 2.24) is 0 Å². The molecule has 0 amide bonds. The number of benzene rings is 2. The Morgan fingerprint density at radius 3 is 2.90 bits per heavy atom. The predicted molar refractivity (Wildman–Crippen MR) is 80.6 cm³/mol. The zero-order chi connectivity index (χ0) is 14.8. The molecule has 1 unspecified atom stereocenters. The summed E-state index contributed by atoms with van der Waals surface area (Å²) in [6.45, 7) is 3.17. The Kier molecular flexibility index (Phi) is 3.62. The first-order valence-electron chi connectivity index (χ1n) is 6.91. The van der Waals surface area contributed by atoms with E-state index >= 15 is 0 Å². The molecule has 108 valence electrons. The molecule has 2 aromatic carbocycles. The van der Waals surface area contributed by atoms with Crippen molar-refractivity contribution in [3.63, 3.8) is 0 Å². The molecule has 0 bridgehead atoms. The normalized spacial score (nSPS) is 17.1. The highest BCUT2D eigenvalue weighted by Crippen LogP contribution is 2.29. The van der Waals surface area contributed by atoms with Crippen LogP contribution in [-0.4, -0.2) is 17.7 Å². The van der Waals surface area contributed by atoms with Gasteiger partial charge in [-0.15, -0.1) is 0 Å². The van der Waals surface area contributed by atoms with Gasteiger partial charge in [0.15, 0.2) is 0 Å². The molecule has 1 aliphatic heterocycles. The smallest absolute Gasteiger partial charge is 0.335 e. The fourth-order valence-electron chi connectivity index (χ4n) is 2.60. The van der Waals surface area contributed by atoms with Gasteiger partial charge in [-0.1, -0.05) is 30.3 Å². The summed E-state index contributed by atoms with van der Waals surface area (Å²) in [6.07, 6.45) is 0. The zero-order valence-electron chi connectivity index (χ0n) is 11.8. The molecule has 0 radical (unpaired) electrons. The maximum Gasteiger partial charge on any atom is 0.335 e. The van der Waals surface area contributed by atoms with E-state index < -0.39 is 5.97 Å². The Labute approximate surface area is 123 Å². The molecule has 0 aromatic heterocycles. The molecule has 1 heterocycles. The van der Waals surface area contributed by atoms with Gasteiger partial charge in [-0.3, -0.25) is 0 Å². The Morgan fingerprint density at radius 1 is 1.29 bits per heavy atom. The number of carboxylic acid groups (broad SMARTS) is 1. The number of anilines is 1. The third-order valence-electron chi connectivity index (χ3n) is 3.79. The minimum absolute atomic E-state index is 0.0395. The highest BCUT2D eigenvalue weighted by Gasteiger charge is 2.21. The van der Waals surface area contributed by atoms with Gasteiger partial charge in [0.1, 0.15) is 0 Å². The van der Waals surface area contributed by atoms with E-state index in [1.165, 1.54) is 11.1 Å². The van der Waals surface area contributed by atoms with E-state index in [0.29, 0.717) is 13.2 Å². The molecular formula is C17H17NO3. The molecule has 4 heteroatoms. The van der Waals surface area contributed by atoms with E-state index in [2.05, 4.69) is 17.4 Å². The Bertz CT molecular complexity index is 681. The summed E-state index contributed by atoms with van der Waals surface area (Å²) in [4.78, 5) is 11.1. The summed E-state index contributed by atoms with van der Waals surface area (Å²) < 4.78 is 5.62. The number of hydrogen-bond donors (Lipinski definition) is 2. The molecule has 2 N–H and O–H groups in total. The van der Waals surface area contributed by atoms with Crippen molar-refractivity contribution in [2.75, 3.05) is 11.9 Å². The van der Waals surface area contributed by atoms with Gasteiger partial charge in [0.25, 0.3) is 0 Å². The zero-order valence-corrected chi connectivity index (χ0v) is 11.8. The van der Waals surface area contributed by atoms with Gasteiger partial charge in [0, 0.05) is 5.69 Å². The van der Waals surface area contributed by atoms with E-state index in [-0.39, 0.29) is 11.6 Å². The van der Waals surface area contributed by atoms with Crippen LogP contribution in [0.4, 0.5) is 5.69 Å². The first-order chi connectivity index (χ1) is 10.1. The second kappa shape index (κ2) is 5.58. The summed E-state index contributed by atoms with van der Waals surface area (Å²) in [5.41, 5.74) is 4.52. The summed E-state index contributed by atoms with van der Waals surface area (Å²) >= 11 is 0. The lowest BCUT2D eigenvalue weighted by molar-refractivity contribution is 0.0697. The van der Waals surface area contributed by atoms with Crippen LogP contribution in [0.3, 0.4) is 0 Å². The van der Waals surface area contributed by atoms with Crippen molar-refractivity contribution in [1.29, 1.82) is 0 Å². The largest absolute Gasteiger partial charge is 0.478 e. The molecule has 3 rings (SSSR count). The topological polar surface area (TPSA) is 58.6 Å². The van der Waals surface area contributed by atoms with E-state index in [1.807, 2.05) is 25.1 Å². The molecule has 0 spiro atoms. The number of aryl methyl sites for hydroxylation is 1. The molecule has 0 fully saturated rings. The van der Waals surface area contributed by atoms with Crippen molar-refractivity contribution in [2.24, 2.45) is 0 Å². The minimum atomic E-state index is -0.918. The Balaban J connectivity index is 1.91. The van der Waals surface area contributed by atoms with Crippen molar-refractivity contribution in [3.8, 4) is 0 Å². The van der Waals surface area contributed by atoms with Crippen molar-refractivity contribution in [3.05, 3.63) is 64.7 Å². The number of ether oxygens (including phenoxy) is 1. The van der Waals surface area contributed by atoms with Gasteiger partial charge in [-0.2, -0.15) is 0 Å². The number of hydrogen-bond acceptors (Lipinski definition) is 3. The van der Waals surface area contributed by atoms with Gasteiger partial charge in [-0.05, 0) is 35.7 Å². The first-order valence-corrected chi connectivity index (χ1v) is 6.91. The number of aromatic carboxylic acids is 1. The summed E-state index contributed by atoms with van der Waals surface area (Å²) in [7, 11) is 0. The predicted octanol–water partition coefficient (Wildman–Crippen LogP) is 3.38. The average molecular weight is 283 g/mol. The van der Waals surface area contributed by atoms with Crippen molar-refractivity contribution in [2.45, 2.75) is 19.6 Å². The Hall–Kier alpha value is -2.33. The van der Waals surface area contributed by atoms with Crippen LogP contribution in [0, 0.1) is 6.92 Å². The quantitative estimate of drug-likeness (QED) is 0.906. The molecule has 4 nitrogen and oxygen atoms in total. The Morgan fingerprint density at radius 2 is 2.10 bits per heavy atom. The number of nitrogens with one attached hydrogen (secondary N) is 1. The van der Waals surface area contributed by atoms with Crippen LogP contribution in [0.2, 0.25) is 0 Å². The standard InChI is InChI=1S/C17H17NO3/c1-11-6-7-12(17(19)20)8-15(11)18-16-10-21-9-13-4-2-3-5-14(13)16/h2-8,16,18H,9-10H2,1H3,(H,19,20). The summed E-state index contributed by atoms with van der Waals surface area (Å²) in [5, 5.41) is 12.5. The van der Waals surface area contributed by atoms with E-state index in [0.717, 1.165) is 11.3 Å². The van der Waals surface area contributed by atoms with Gasteiger partial charge in [-0.25, -0.2) is 4.79 Å². The molecule has 0 saturated heterocycles. The summed E-state index contributed by atoms with van der Waals surface area (Å²) in [6, 6.07) is 13.3. The maximum absolute atomic E-state index is 11.1. The molecule has 0 aliphatic carbocycles. The van der Waals surface area contributed by atoms with Crippen LogP contribution < -0.4 is 5.32 Å². The second-order valence-corrected chi connectivity index (χ2v) is 5.25. The van der Waals surface area contributed by atoms with E-state index in [1.54, 1.807) is 12.1 Å². The second-order valence-electron chi connectivity index (χ2n) is 5.25. The molecule has 1 atom stereocenters. The van der Waals surface area contributed by atoms with Crippen molar-refractivity contribution >= 4 is 11.7 Å². The molecule has 21 heavy (non-hydrogen) atoms. The number of carbonyl (C=O) groups is 1. The fourth-order valence-corrected chi connectivity index (χ4v) is 2.60. The lowest BCUT2D eigenvalue weighted by Gasteiger charge is -2.28. The maximum atomic E-state index is 11.1. The van der Waals surface area contributed by atoms with Crippen LogP contribution in [-0.2, 0) is 11.3 Å². The van der Waals surface area contributed by atoms with E-state index in [9.17, 15) is 4.79 Å². The third kappa shape index (κ3) is 2.76. The molecule has 2 aromatic rings. The number of fused-ring (bicyclic) bond motifs is 1. The fraction of sp³-hybridized carbons (Fsp3) is 0.235. The monoisotopic (exact) mass is 283 g/mol. The molecular weight excluding hydrogens is 266 g/mol. The van der Waals surface area contributed by atoms with Crippen LogP contribution in [0.15, 0.2) is 42.5 Å². The van der Waals surface area contributed by atoms with Crippen LogP contribution in [0.5, 0.6) is 0 Å². The molecule has 1 aliphatic rings. The van der Waals surface area contributed by atoms with Crippen molar-refractivity contribution < 1.29 is 14.6 Å². The highest BCUT2D eigenvalue weighted by atomic mass is 16.5. The highest BCUT2D eigenvalue weighted by molar-refractivity contribution is 5.89. The first kappa shape index (κ1) is 13.6.